The minimum Gasteiger partial charge on any atom is -0.459 e. The van der Waals surface area contributed by atoms with Crippen LogP contribution in [0.15, 0.2) is 30.3 Å². The summed E-state index contributed by atoms with van der Waals surface area (Å²) in [5, 5.41) is 2.34. The molecular formula is C16H22N2O5S. The minimum absolute atomic E-state index is 0.0364. The average molecular weight is 354 g/mol. The molecule has 0 fully saturated rings. The molecule has 8 heteroatoms. The maximum absolute atomic E-state index is 12.2. The van der Waals surface area contributed by atoms with Crippen LogP contribution in [0.1, 0.15) is 32.8 Å². The number of rotatable bonds is 6. The highest BCUT2D eigenvalue weighted by Crippen LogP contribution is 2.08. The highest BCUT2D eigenvalue weighted by atomic mass is 32.1. The number of esters is 1. The van der Waals surface area contributed by atoms with Crippen molar-refractivity contribution in [2.45, 2.75) is 45.4 Å². The Balaban J connectivity index is 2.67. The Kier molecular flexibility index (Phi) is 7.57. The molecule has 1 rings (SSSR count). The molecular weight excluding hydrogens is 332 g/mol. The lowest BCUT2D eigenvalue weighted by Crippen LogP contribution is -2.46. The van der Waals surface area contributed by atoms with Crippen LogP contribution in [-0.2, 0) is 25.7 Å². The maximum atomic E-state index is 12.2. The van der Waals surface area contributed by atoms with E-state index >= 15 is 0 Å². The molecule has 7 nitrogen and oxygen atoms in total. The standard InChI is InChI=1S/C16H22N2O5S/c1-16(2,3)23-15(21)17-12(9-13(19)18-24)14(20)22-10-11-7-5-4-6-8-11/h4-8,12,24H,9-10H2,1-3H3,(H,17,21)(H,18,19)/t12-/m0/s1. The van der Waals surface area contributed by atoms with Crippen molar-refractivity contribution in [3.63, 3.8) is 0 Å². The summed E-state index contributed by atoms with van der Waals surface area (Å²) in [5.74, 6) is -1.27. The molecule has 0 aliphatic heterocycles. The van der Waals surface area contributed by atoms with Gasteiger partial charge in [-0.15, -0.1) is 0 Å². The summed E-state index contributed by atoms with van der Waals surface area (Å²) >= 11 is 3.63. The van der Waals surface area contributed by atoms with Gasteiger partial charge in [-0.2, -0.15) is 0 Å². The van der Waals surface area contributed by atoms with E-state index < -0.39 is 29.6 Å². The van der Waals surface area contributed by atoms with E-state index in [1.807, 2.05) is 18.2 Å². The number of thiol groups is 1. The van der Waals surface area contributed by atoms with Crippen molar-refractivity contribution in [2.75, 3.05) is 0 Å². The zero-order valence-corrected chi connectivity index (χ0v) is 14.8. The predicted octanol–water partition coefficient (Wildman–Crippen LogP) is 1.97. The second-order valence-corrected chi connectivity index (χ2v) is 6.25. The Morgan fingerprint density at radius 2 is 1.79 bits per heavy atom. The molecule has 0 aromatic heterocycles. The lowest BCUT2D eigenvalue weighted by atomic mass is 10.2. The number of carbonyl (C=O) groups is 3. The number of ether oxygens (including phenoxy) is 2. The smallest absolute Gasteiger partial charge is 0.408 e. The third-order valence-electron chi connectivity index (χ3n) is 2.71. The van der Waals surface area contributed by atoms with Crippen LogP contribution in [-0.4, -0.2) is 29.6 Å². The Morgan fingerprint density at radius 3 is 2.33 bits per heavy atom. The maximum Gasteiger partial charge on any atom is 0.408 e. The lowest BCUT2D eigenvalue weighted by Gasteiger charge is -2.22. The lowest BCUT2D eigenvalue weighted by molar-refractivity contribution is -0.148. The van der Waals surface area contributed by atoms with Gasteiger partial charge in [0.25, 0.3) is 0 Å². The Morgan fingerprint density at radius 1 is 1.17 bits per heavy atom. The van der Waals surface area contributed by atoms with Crippen LogP contribution in [0.5, 0.6) is 0 Å². The van der Waals surface area contributed by atoms with Crippen molar-refractivity contribution in [1.29, 1.82) is 0 Å². The van der Waals surface area contributed by atoms with Gasteiger partial charge in [-0.1, -0.05) is 43.1 Å². The second kappa shape index (κ2) is 9.17. The van der Waals surface area contributed by atoms with Crippen LogP contribution in [0, 0.1) is 0 Å². The van der Waals surface area contributed by atoms with E-state index in [-0.39, 0.29) is 13.0 Å². The molecule has 1 atom stereocenters. The van der Waals surface area contributed by atoms with Crippen molar-refractivity contribution in [2.24, 2.45) is 0 Å². The number of hydrogen-bond acceptors (Lipinski definition) is 6. The van der Waals surface area contributed by atoms with Crippen LogP contribution >= 0.6 is 12.8 Å². The van der Waals surface area contributed by atoms with Gasteiger partial charge in [0.1, 0.15) is 18.2 Å². The van der Waals surface area contributed by atoms with Gasteiger partial charge in [0.15, 0.2) is 0 Å². The zero-order valence-electron chi connectivity index (χ0n) is 13.9. The van der Waals surface area contributed by atoms with Gasteiger partial charge in [-0.25, -0.2) is 9.59 Å². The van der Waals surface area contributed by atoms with Gasteiger partial charge in [0.2, 0.25) is 5.91 Å². The molecule has 1 aromatic carbocycles. The van der Waals surface area contributed by atoms with E-state index in [0.717, 1.165) is 5.56 Å². The fraction of sp³-hybridized carbons (Fsp3) is 0.438. The number of benzene rings is 1. The van der Waals surface area contributed by atoms with Crippen LogP contribution in [0.25, 0.3) is 0 Å². The summed E-state index contributed by atoms with van der Waals surface area (Å²) in [7, 11) is 0. The molecule has 0 saturated heterocycles. The Bertz CT molecular complexity index is 572. The molecule has 0 heterocycles. The van der Waals surface area contributed by atoms with Crippen LogP contribution in [0.3, 0.4) is 0 Å². The van der Waals surface area contributed by atoms with Gasteiger partial charge in [-0.3, -0.25) is 4.79 Å². The molecule has 0 spiro atoms. The highest BCUT2D eigenvalue weighted by molar-refractivity contribution is 7.78. The number of carbonyl (C=O) groups excluding carboxylic acids is 3. The molecule has 0 unspecified atom stereocenters. The van der Waals surface area contributed by atoms with Crippen molar-refractivity contribution in [1.82, 2.24) is 10.0 Å². The molecule has 0 radical (unpaired) electrons. The van der Waals surface area contributed by atoms with Crippen LogP contribution in [0.4, 0.5) is 4.79 Å². The zero-order chi connectivity index (χ0) is 18.2. The molecule has 0 saturated carbocycles. The molecule has 2 amide bonds. The van der Waals surface area contributed by atoms with E-state index in [2.05, 4.69) is 22.9 Å². The summed E-state index contributed by atoms with van der Waals surface area (Å²) in [6, 6.07) is 7.89. The third-order valence-corrected chi connectivity index (χ3v) is 2.96. The van der Waals surface area contributed by atoms with Crippen molar-refractivity contribution in [3.05, 3.63) is 35.9 Å². The predicted molar refractivity (Wildman–Crippen MR) is 91.1 cm³/mol. The molecule has 24 heavy (non-hydrogen) atoms. The molecule has 1 aromatic rings. The first-order valence-corrected chi connectivity index (χ1v) is 7.79. The summed E-state index contributed by atoms with van der Waals surface area (Å²) in [4.78, 5) is 35.5. The van der Waals surface area contributed by atoms with Crippen molar-refractivity contribution >= 4 is 30.8 Å². The SMILES string of the molecule is CC(C)(C)OC(=O)N[C@@H](CC(=O)NS)C(=O)OCc1ccccc1. The fourth-order valence-corrected chi connectivity index (χ4v) is 1.79. The summed E-state index contributed by atoms with van der Waals surface area (Å²) in [6.45, 7) is 5.11. The monoisotopic (exact) mass is 354 g/mol. The first-order chi connectivity index (χ1) is 11.2. The largest absolute Gasteiger partial charge is 0.459 e. The van der Waals surface area contributed by atoms with E-state index in [4.69, 9.17) is 9.47 Å². The van der Waals surface area contributed by atoms with E-state index in [1.165, 1.54) is 0 Å². The molecule has 0 aliphatic carbocycles. The number of hydrogen-bond donors (Lipinski definition) is 3. The average Bonchev–Trinajstić information content (AvgIpc) is 2.51. The quantitative estimate of drug-likeness (QED) is 0.536. The number of alkyl carbamates (subject to hydrolysis) is 1. The van der Waals surface area contributed by atoms with E-state index in [0.29, 0.717) is 0 Å². The van der Waals surface area contributed by atoms with Gasteiger partial charge >= 0.3 is 12.1 Å². The second-order valence-electron chi connectivity index (χ2n) is 6.03. The van der Waals surface area contributed by atoms with Gasteiger partial charge in [-0.05, 0) is 26.3 Å². The first-order valence-electron chi connectivity index (χ1n) is 7.34. The minimum atomic E-state index is -1.17. The summed E-state index contributed by atoms with van der Waals surface area (Å²) in [6.07, 6.45) is -1.12. The van der Waals surface area contributed by atoms with Crippen LogP contribution < -0.4 is 10.0 Å². The Labute approximate surface area is 146 Å². The normalized spacial score (nSPS) is 12.0. The van der Waals surface area contributed by atoms with Gasteiger partial charge in [0, 0.05) is 0 Å². The van der Waals surface area contributed by atoms with Crippen molar-refractivity contribution in [3.8, 4) is 0 Å². The van der Waals surface area contributed by atoms with E-state index in [9.17, 15) is 14.4 Å². The molecule has 2 N–H and O–H groups in total. The van der Waals surface area contributed by atoms with Crippen molar-refractivity contribution < 1.29 is 23.9 Å². The molecule has 0 aliphatic rings. The van der Waals surface area contributed by atoms with Crippen LogP contribution in [0.2, 0.25) is 0 Å². The number of amides is 2. The molecule has 0 bridgehead atoms. The molecule has 132 valence electrons. The Hall–Kier alpha value is -2.22. The van der Waals surface area contributed by atoms with Gasteiger partial charge in [0.05, 0.1) is 6.42 Å². The summed E-state index contributed by atoms with van der Waals surface area (Å²) < 4.78 is 12.3. The topological polar surface area (TPSA) is 93.7 Å². The first kappa shape index (κ1) is 19.8. The summed E-state index contributed by atoms with van der Waals surface area (Å²) in [5.41, 5.74) is 0.0643. The van der Waals surface area contributed by atoms with E-state index in [1.54, 1.807) is 32.9 Å². The number of nitrogens with one attached hydrogen (secondary N) is 2. The van der Waals surface area contributed by atoms with Gasteiger partial charge < -0.3 is 19.5 Å². The highest BCUT2D eigenvalue weighted by Gasteiger charge is 2.27. The third kappa shape index (κ3) is 7.87. The fourth-order valence-electron chi connectivity index (χ4n) is 1.70.